The van der Waals surface area contributed by atoms with Crippen LogP contribution >= 0.6 is 0 Å². The molecule has 0 atom stereocenters. The summed E-state index contributed by atoms with van der Waals surface area (Å²) in [4.78, 5) is 24.2. The van der Waals surface area contributed by atoms with Gasteiger partial charge >= 0.3 is 0 Å². The average Bonchev–Trinajstić information content (AvgIpc) is 2.57. The van der Waals surface area contributed by atoms with Crippen LogP contribution in [0.1, 0.15) is 26.7 Å². The number of methoxy groups -OCH3 is 1. The van der Waals surface area contributed by atoms with Gasteiger partial charge in [-0.15, -0.1) is 0 Å². The highest BCUT2D eigenvalue weighted by Gasteiger charge is 2.39. The van der Waals surface area contributed by atoms with E-state index in [1.54, 1.807) is 31.4 Å². The number of hydrogen-bond donors (Lipinski definition) is 3. The molecule has 0 unspecified atom stereocenters. The topological polar surface area (TPSA) is 79.5 Å². The van der Waals surface area contributed by atoms with Gasteiger partial charge < -0.3 is 20.7 Å². The summed E-state index contributed by atoms with van der Waals surface area (Å²) >= 11 is 0. The van der Waals surface area contributed by atoms with Crippen LogP contribution < -0.4 is 16.0 Å². The van der Waals surface area contributed by atoms with Gasteiger partial charge in [0.25, 0.3) is 5.91 Å². The normalized spacial score (nSPS) is 16.9. The van der Waals surface area contributed by atoms with Crippen molar-refractivity contribution >= 4 is 23.2 Å². The Morgan fingerprint density at radius 2 is 1.61 bits per heavy atom. The van der Waals surface area contributed by atoms with Crippen LogP contribution in [0.3, 0.4) is 0 Å². The molecule has 2 amide bonds. The number of nitrogens with one attached hydrogen (secondary N) is 3. The SMILES string of the molecule is COC1(C(=O)Nc2ccc(NC(=O)C(C)C)cc2)CCNCC1. The van der Waals surface area contributed by atoms with Crippen LogP contribution in [0.4, 0.5) is 11.4 Å². The van der Waals surface area contributed by atoms with Crippen molar-refractivity contribution in [3.8, 4) is 0 Å². The molecule has 1 aliphatic heterocycles. The maximum atomic E-state index is 12.5. The number of benzene rings is 1. The van der Waals surface area contributed by atoms with Crippen molar-refractivity contribution < 1.29 is 14.3 Å². The van der Waals surface area contributed by atoms with Crippen LogP contribution in [-0.4, -0.2) is 37.6 Å². The molecule has 0 spiro atoms. The van der Waals surface area contributed by atoms with Gasteiger partial charge in [0, 0.05) is 24.4 Å². The summed E-state index contributed by atoms with van der Waals surface area (Å²) in [7, 11) is 1.58. The summed E-state index contributed by atoms with van der Waals surface area (Å²) in [5.41, 5.74) is 0.632. The molecule has 0 aliphatic carbocycles. The van der Waals surface area contributed by atoms with Crippen molar-refractivity contribution in [2.45, 2.75) is 32.3 Å². The van der Waals surface area contributed by atoms with E-state index in [9.17, 15) is 9.59 Å². The van der Waals surface area contributed by atoms with Crippen LogP contribution in [0.2, 0.25) is 0 Å². The van der Waals surface area contributed by atoms with E-state index in [4.69, 9.17) is 4.74 Å². The van der Waals surface area contributed by atoms with Gasteiger partial charge in [0.05, 0.1) is 0 Å². The molecule has 0 radical (unpaired) electrons. The minimum Gasteiger partial charge on any atom is -0.368 e. The minimum absolute atomic E-state index is 0.0326. The summed E-state index contributed by atoms with van der Waals surface area (Å²) in [6.07, 6.45) is 1.30. The van der Waals surface area contributed by atoms with E-state index in [-0.39, 0.29) is 17.7 Å². The van der Waals surface area contributed by atoms with E-state index in [2.05, 4.69) is 16.0 Å². The second-order valence-corrected chi connectivity index (χ2v) is 6.12. The van der Waals surface area contributed by atoms with Gasteiger partial charge in [-0.1, -0.05) is 13.8 Å². The Kier molecular flexibility index (Phi) is 5.74. The predicted molar refractivity (Wildman–Crippen MR) is 90.4 cm³/mol. The highest BCUT2D eigenvalue weighted by Crippen LogP contribution is 2.25. The molecule has 0 aromatic heterocycles. The fraction of sp³-hybridized carbons (Fsp3) is 0.529. The first-order valence-electron chi connectivity index (χ1n) is 7.95. The van der Waals surface area contributed by atoms with Crippen molar-refractivity contribution in [3.05, 3.63) is 24.3 Å². The van der Waals surface area contributed by atoms with Crippen LogP contribution in [0.15, 0.2) is 24.3 Å². The van der Waals surface area contributed by atoms with E-state index in [0.29, 0.717) is 24.2 Å². The van der Waals surface area contributed by atoms with Gasteiger partial charge in [0.15, 0.2) is 0 Å². The quantitative estimate of drug-likeness (QED) is 0.775. The molecule has 1 aliphatic rings. The Hall–Kier alpha value is -1.92. The Bertz CT molecular complexity index is 549. The van der Waals surface area contributed by atoms with Crippen molar-refractivity contribution in [1.29, 1.82) is 0 Å². The molecule has 0 bridgehead atoms. The lowest BCUT2D eigenvalue weighted by molar-refractivity contribution is -0.140. The Morgan fingerprint density at radius 1 is 1.09 bits per heavy atom. The van der Waals surface area contributed by atoms with Gasteiger partial charge in [-0.25, -0.2) is 0 Å². The lowest BCUT2D eigenvalue weighted by Gasteiger charge is -2.34. The number of anilines is 2. The molecular weight excluding hydrogens is 294 g/mol. The van der Waals surface area contributed by atoms with Gasteiger partial charge in [0.2, 0.25) is 5.91 Å². The second-order valence-electron chi connectivity index (χ2n) is 6.12. The van der Waals surface area contributed by atoms with Crippen molar-refractivity contribution in [1.82, 2.24) is 5.32 Å². The molecule has 1 fully saturated rings. The fourth-order valence-corrected chi connectivity index (χ4v) is 2.52. The zero-order valence-corrected chi connectivity index (χ0v) is 13.9. The third kappa shape index (κ3) is 4.30. The maximum Gasteiger partial charge on any atom is 0.256 e. The lowest BCUT2D eigenvalue weighted by Crippen LogP contribution is -2.51. The summed E-state index contributed by atoms with van der Waals surface area (Å²) < 4.78 is 5.51. The highest BCUT2D eigenvalue weighted by atomic mass is 16.5. The number of rotatable bonds is 5. The number of hydrogen-bond acceptors (Lipinski definition) is 4. The zero-order chi connectivity index (χ0) is 16.9. The van der Waals surface area contributed by atoms with E-state index in [0.717, 1.165) is 13.1 Å². The first kappa shape index (κ1) is 17.4. The summed E-state index contributed by atoms with van der Waals surface area (Å²) in [6.45, 7) is 5.21. The third-order valence-electron chi connectivity index (χ3n) is 4.15. The van der Waals surface area contributed by atoms with E-state index < -0.39 is 5.60 Å². The molecule has 1 aromatic rings. The molecular formula is C17H25N3O3. The second kappa shape index (κ2) is 7.57. The average molecular weight is 319 g/mol. The molecule has 6 nitrogen and oxygen atoms in total. The Morgan fingerprint density at radius 3 is 2.09 bits per heavy atom. The lowest BCUT2D eigenvalue weighted by atomic mass is 9.91. The number of carbonyl (C=O) groups excluding carboxylic acids is 2. The standard InChI is InChI=1S/C17H25N3O3/c1-12(2)15(21)19-13-4-6-14(7-5-13)20-16(22)17(23-3)8-10-18-11-9-17/h4-7,12,18H,8-11H2,1-3H3,(H,19,21)(H,20,22). The number of carbonyl (C=O) groups is 2. The Labute approximate surface area is 137 Å². The smallest absolute Gasteiger partial charge is 0.256 e. The molecule has 1 aromatic carbocycles. The minimum atomic E-state index is -0.768. The molecule has 23 heavy (non-hydrogen) atoms. The first-order chi connectivity index (χ1) is 11.0. The Balaban J connectivity index is 2.00. The van der Waals surface area contributed by atoms with Crippen LogP contribution in [0, 0.1) is 5.92 Å². The maximum absolute atomic E-state index is 12.5. The number of ether oxygens (including phenoxy) is 1. The highest BCUT2D eigenvalue weighted by molar-refractivity contribution is 5.98. The number of amides is 2. The van der Waals surface area contributed by atoms with Gasteiger partial charge in [-0.3, -0.25) is 9.59 Å². The van der Waals surface area contributed by atoms with E-state index >= 15 is 0 Å². The largest absolute Gasteiger partial charge is 0.368 e. The summed E-state index contributed by atoms with van der Waals surface area (Å²) in [5, 5.41) is 8.95. The predicted octanol–water partition coefficient (Wildman–Crippen LogP) is 1.99. The molecule has 3 N–H and O–H groups in total. The molecule has 6 heteroatoms. The molecule has 1 saturated heterocycles. The van der Waals surface area contributed by atoms with Gasteiger partial charge in [-0.2, -0.15) is 0 Å². The first-order valence-corrected chi connectivity index (χ1v) is 7.95. The molecule has 126 valence electrons. The molecule has 0 saturated carbocycles. The number of piperidine rings is 1. The zero-order valence-electron chi connectivity index (χ0n) is 13.9. The van der Waals surface area contributed by atoms with Crippen molar-refractivity contribution in [3.63, 3.8) is 0 Å². The van der Waals surface area contributed by atoms with E-state index in [1.807, 2.05) is 13.8 Å². The molecule has 1 heterocycles. The van der Waals surface area contributed by atoms with Gasteiger partial charge in [-0.05, 0) is 50.2 Å². The molecule has 2 rings (SSSR count). The third-order valence-corrected chi connectivity index (χ3v) is 4.15. The van der Waals surface area contributed by atoms with Crippen LogP contribution in [-0.2, 0) is 14.3 Å². The monoisotopic (exact) mass is 319 g/mol. The van der Waals surface area contributed by atoms with Crippen molar-refractivity contribution in [2.24, 2.45) is 5.92 Å². The fourth-order valence-electron chi connectivity index (χ4n) is 2.52. The summed E-state index contributed by atoms with van der Waals surface area (Å²) in [5.74, 6) is -0.230. The van der Waals surface area contributed by atoms with Crippen LogP contribution in [0.25, 0.3) is 0 Å². The van der Waals surface area contributed by atoms with Crippen molar-refractivity contribution in [2.75, 3.05) is 30.8 Å². The summed E-state index contributed by atoms with van der Waals surface area (Å²) in [6, 6.07) is 7.10. The van der Waals surface area contributed by atoms with E-state index in [1.165, 1.54) is 0 Å². The van der Waals surface area contributed by atoms with Crippen LogP contribution in [0.5, 0.6) is 0 Å². The van der Waals surface area contributed by atoms with Gasteiger partial charge in [0.1, 0.15) is 5.60 Å².